The summed E-state index contributed by atoms with van der Waals surface area (Å²) in [5, 5.41) is 0. The highest BCUT2D eigenvalue weighted by Gasteiger charge is 2.08. The fraction of sp³-hybridized carbons (Fsp3) is 0.250. The van der Waals surface area contributed by atoms with Crippen LogP contribution >= 0.6 is 0 Å². The lowest BCUT2D eigenvalue weighted by atomic mass is 9.94. The second kappa shape index (κ2) is 4.22. The Bertz CT molecular complexity index is 302. The van der Waals surface area contributed by atoms with Gasteiger partial charge in [0.15, 0.2) is 0 Å². The molecule has 69 valence electrons. The lowest BCUT2D eigenvalue weighted by molar-refractivity contribution is 0.464. The van der Waals surface area contributed by atoms with Gasteiger partial charge in [-0.3, -0.25) is 4.39 Å². The van der Waals surface area contributed by atoms with Crippen molar-refractivity contribution >= 4 is 6.08 Å². The molecule has 0 bridgehead atoms. The zero-order valence-electron chi connectivity index (χ0n) is 7.89. The monoisotopic (exact) mass is 177 g/mol. The zero-order chi connectivity index (χ0) is 9.84. The number of halogens is 1. The molecule has 1 heteroatoms. The van der Waals surface area contributed by atoms with Gasteiger partial charge in [-0.25, -0.2) is 0 Å². The predicted octanol–water partition coefficient (Wildman–Crippen LogP) is 3.53. The minimum absolute atomic E-state index is 0.264. The highest BCUT2D eigenvalue weighted by atomic mass is 19.1. The van der Waals surface area contributed by atoms with Gasteiger partial charge in [0.25, 0.3) is 0 Å². The molecule has 0 N–H and O–H groups in total. The van der Waals surface area contributed by atoms with Gasteiger partial charge >= 0.3 is 0 Å². The van der Waals surface area contributed by atoms with Gasteiger partial charge in [0.05, 0.1) is 6.67 Å². The van der Waals surface area contributed by atoms with E-state index in [9.17, 15) is 4.39 Å². The maximum Gasteiger partial charge on any atom is 0.0963 e. The molecule has 1 atom stereocenters. The second-order valence-electron chi connectivity index (χ2n) is 3.12. The van der Waals surface area contributed by atoms with E-state index in [1.165, 1.54) is 0 Å². The summed E-state index contributed by atoms with van der Waals surface area (Å²) >= 11 is 0. The number of alkyl halides is 1. The molecular formula is C12H14F. The Morgan fingerprint density at radius 1 is 1.54 bits per heavy atom. The molecule has 0 nitrogen and oxygen atoms in total. The fourth-order valence-electron chi connectivity index (χ4n) is 1.42. The van der Waals surface area contributed by atoms with Gasteiger partial charge in [-0.1, -0.05) is 30.9 Å². The fourth-order valence-corrected chi connectivity index (χ4v) is 1.42. The molecule has 1 aromatic carbocycles. The topological polar surface area (TPSA) is 0 Å². The van der Waals surface area contributed by atoms with Gasteiger partial charge in [-0.15, -0.1) is 0 Å². The van der Waals surface area contributed by atoms with Crippen LogP contribution in [0.4, 0.5) is 4.39 Å². The number of hydrogen-bond donors (Lipinski definition) is 0. The number of rotatable bonds is 3. The van der Waals surface area contributed by atoms with Gasteiger partial charge < -0.3 is 0 Å². The normalized spacial score (nSPS) is 12.5. The molecule has 0 aliphatic heterocycles. The van der Waals surface area contributed by atoms with Crippen molar-refractivity contribution in [3.63, 3.8) is 0 Å². The summed E-state index contributed by atoms with van der Waals surface area (Å²) in [4.78, 5) is 0. The molecule has 0 aliphatic carbocycles. The van der Waals surface area contributed by atoms with E-state index in [0.717, 1.165) is 16.7 Å². The van der Waals surface area contributed by atoms with E-state index in [2.05, 4.69) is 13.5 Å². The van der Waals surface area contributed by atoms with E-state index in [4.69, 9.17) is 0 Å². The van der Waals surface area contributed by atoms with Crippen molar-refractivity contribution in [2.24, 2.45) is 0 Å². The zero-order valence-corrected chi connectivity index (χ0v) is 7.89. The van der Waals surface area contributed by atoms with E-state index in [-0.39, 0.29) is 5.92 Å². The van der Waals surface area contributed by atoms with Crippen LogP contribution in [-0.2, 0) is 0 Å². The molecule has 0 heterocycles. The average Bonchev–Trinajstić information content (AvgIpc) is 2.17. The van der Waals surface area contributed by atoms with Crippen LogP contribution in [-0.4, -0.2) is 6.67 Å². The van der Waals surface area contributed by atoms with E-state index in [0.29, 0.717) is 0 Å². The van der Waals surface area contributed by atoms with Gasteiger partial charge in [0.2, 0.25) is 0 Å². The van der Waals surface area contributed by atoms with Crippen LogP contribution in [0, 0.1) is 13.8 Å². The molecule has 0 amide bonds. The third kappa shape index (κ3) is 1.97. The van der Waals surface area contributed by atoms with Gasteiger partial charge in [-0.2, -0.15) is 0 Å². The van der Waals surface area contributed by atoms with Crippen LogP contribution in [0.1, 0.15) is 22.6 Å². The lowest BCUT2D eigenvalue weighted by Crippen LogP contribution is -1.99. The Balaban J connectivity index is 3.15. The van der Waals surface area contributed by atoms with Gasteiger partial charge in [0.1, 0.15) is 0 Å². The van der Waals surface area contributed by atoms with Crippen molar-refractivity contribution in [3.8, 4) is 0 Å². The van der Waals surface area contributed by atoms with Crippen molar-refractivity contribution in [2.75, 3.05) is 6.67 Å². The quantitative estimate of drug-likeness (QED) is 0.662. The molecule has 0 aromatic heterocycles. The van der Waals surface area contributed by atoms with Crippen molar-refractivity contribution in [3.05, 3.63) is 48.4 Å². The minimum atomic E-state index is -0.415. The highest BCUT2D eigenvalue weighted by molar-refractivity contribution is 5.54. The van der Waals surface area contributed by atoms with E-state index < -0.39 is 6.67 Å². The van der Waals surface area contributed by atoms with Crippen LogP contribution in [0.3, 0.4) is 0 Å². The molecule has 1 rings (SSSR count). The smallest absolute Gasteiger partial charge is 0.0963 e. The van der Waals surface area contributed by atoms with E-state index in [1.807, 2.05) is 25.1 Å². The molecule has 13 heavy (non-hydrogen) atoms. The molecule has 1 radical (unpaired) electrons. The molecule has 1 unspecified atom stereocenters. The maximum absolute atomic E-state index is 12.4. The Morgan fingerprint density at radius 3 is 2.77 bits per heavy atom. The van der Waals surface area contributed by atoms with Crippen LogP contribution < -0.4 is 0 Å². The molecule has 0 fully saturated rings. The molecular weight excluding hydrogens is 163 g/mol. The first-order valence-corrected chi connectivity index (χ1v) is 4.31. The summed E-state index contributed by atoms with van der Waals surface area (Å²) in [7, 11) is 0. The summed E-state index contributed by atoms with van der Waals surface area (Å²) < 4.78 is 12.4. The van der Waals surface area contributed by atoms with Crippen LogP contribution in [0.2, 0.25) is 0 Å². The summed E-state index contributed by atoms with van der Waals surface area (Å²) in [5.41, 5.74) is 3.11. The molecule has 1 aromatic rings. The Hall–Kier alpha value is -1.11. The third-order valence-electron chi connectivity index (χ3n) is 2.26. The number of benzene rings is 1. The van der Waals surface area contributed by atoms with Gasteiger partial charge in [0, 0.05) is 5.92 Å². The first-order chi connectivity index (χ1) is 6.20. The minimum Gasteiger partial charge on any atom is -0.250 e. The predicted molar refractivity (Wildman–Crippen MR) is 55.3 cm³/mol. The Labute approximate surface area is 79.1 Å². The van der Waals surface area contributed by atoms with E-state index >= 15 is 0 Å². The Morgan fingerprint density at radius 2 is 2.23 bits per heavy atom. The standard InChI is InChI=1S/C12H14F/c1-4-11-6-5-7-12(10(11)3)9(2)8-13/h4-7,9H,1-2,8H2,3H3. The van der Waals surface area contributed by atoms with Crippen molar-refractivity contribution < 1.29 is 4.39 Å². The van der Waals surface area contributed by atoms with Gasteiger partial charge in [-0.05, 0) is 30.5 Å². The average molecular weight is 177 g/mol. The van der Waals surface area contributed by atoms with Crippen LogP contribution in [0.5, 0.6) is 0 Å². The van der Waals surface area contributed by atoms with Crippen LogP contribution in [0.25, 0.3) is 6.08 Å². The molecule has 0 spiro atoms. The molecule has 0 saturated carbocycles. The maximum atomic E-state index is 12.4. The summed E-state index contributed by atoms with van der Waals surface area (Å²) in [6.45, 7) is 9.01. The SMILES string of the molecule is [CH2]C(CF)c1cccc(C=C)c1C. The largest absolute Gasteiger partial charge is 0.250 e. The Kier molecular flexibility index (Phi) is 3.24. The van der Waals surface area contributed by atoms with Crippen molar-refractivity contribution in [1.82, 2.24) is 0 Å². The number of hydrogen-bond acceptors (Lipinski definition) is 0. The van der Waals surface area contributed by atoms with E-state index in [1.54, 1.807) is 6.08 Å². The third-order valence-corrected chi connectivity index (χ3v) is 2.26. The second-order valence-corrected chi connectivity index (χ2v) is 3.12. The summed E-state index contributed by atoms with van der Waals surface area (Å²) in [5.74, 6) is -0.264. The van der Waals surface area contributed by atoms with Crippen molar-refractivity contribution in [1.29, 1.82) is 0 Å². The first-order valence-electron chi connectivity index (χ1n) is 4.31. The molecule has 0 aliphatic rings. The molecule has 0 saturated heterocycles. The summed E-state index contributed by atoms with van der Waals surface area (Å²) in [6, 6.07) is 5.80. The summed E-state index contributed by atoms with van der Waals surface area (Å²) in [6.07, 6.45) is 1.78. The highest BCUT2D eigenvalue weighted by Crippen LogP contribution is 2.22. The van der Waals surface area contributed by atoms with Crippen molar-refractivity contribution in [2.45, 2.75) is 12.8 Å². The van der Waals surface area contributed by atoms with Crippen LogP contribution in [0.15, 0.2) is 24.8 Å². The lowest BCUT2D eigenvalue weighted by Gasteiger charge is -2.12. The first kappa shape index (κ1) is 9.97.